The Bertz CT molecular complexity index is 557. The van der Waals surface area contributed by atoms with Crippen molar-refractivity contribution in [2.24, 2.45) is 0 Å². The molecule has 0 aliphatic rings. The number of ether oxygens (including phenoxy) is 1. The number of benzene rings is 1. The molecule has 2 aromatic rings. The van der Waals surface area contributed by atoms with E-state index in [-0.39, 0.29) is 6.04 Å². The molecule has 0 saturated heterocycles. The van der Waals surface area contributed by atoms with Crippen LogP contribution in [0.15, 0.2) is 36.4 Å². The van der Waals surface area contributed by atoms with Crippen molar-refractivity contribution in [1.82, 2.24) is 9.97 Å². The van der Waals surface area contributed by atoms with Crippen molar-refractivity contribution < 1.29 is 4.74 Å². The molecule has 1 aromatic carbocycles. The van der Waals surface area contributed by atoms with Gasteiger partial charge in [0.05, 0.1) is 6.61 Å². The molecule has 1 heterocycles. The molecular formula is C17H23N3O. The number of hydrogen-bond donors (Lipinski definition) is 1. The number of aromatic nitrogens is 2. The zero-order chi connectivity index (χ0) is 15.1. The Morgan fingerprint density at radius 1 is 1.19 bits per heavy atom. The molecule has 2 rings (SSSR count). The minimum absolute atomic E-state index is 0.258. The van der Waals surface area contributed by atoms with Gasteiger partial charge in [0.25, 0.3) is 0 Å². The zero-order valence-electron chi connectivity index (χ0n) is 13.0. The number of hydrogen-bond acceptors (Lipinski definition) is 4. The van der Waals surface area contributed by atoms with Crippen LogP contribution in [0.4, 0.5) is 5.95 Å². The van der Waals surface area contributed by atoms with Crippen LogP contribution in [-0.4, -0.2) is 22.6 Å². The quantitative estimate of drug-likeness (QED) is 0.844. The summed E-state index contributed by atoms with van der Waals surface area (Å²) in [5.41, 5.74) is 2.21. The minimum atomic E-state index is 0.258. The van der Waals surface area contributed by atoms with E-state index < -0.39 is 0 Å². The van der Waals surface area contributed by atoms with E-state index in [0.717, 1.165) is 18.5 Å². The fourth-order valence-electron chi connectivity index (χ4n) is 2.12. The molecule has 0 bridgehead atoms. The van der Waals surface area contributed by atoms with Crippen molar-refractivity contribution in [1.29, 1.82) is 0 Å². The predicted octanol–water partition coefficient (Wildman–Crippen LogP) is 3.62. The fraction of sp³-hybridized carbons (Fsp3) is 0.412. The van der Waals surface area contributed by atoms with Gasteiger partial charge >= 0.3 is 0 Å². The maximum Gasteiger partial charge on any atom is 0.226 e. The molecule has 4 heteroatoms. The standard InChI is InChI=1S/C17H23N3O/c1-4-10-21-16-12-14(3)19-17(20-16)18-13(2)11-15-8-6-5-7-9-15/h5-9,12-13H,4,10-11H2,1-3H3,(H,18,19,20). The van der Waals surface area contributed by atoms with Crippen LogP contribution in [0.3, 0.4) is 0 Å². The summed E-state index contributed by atoms with van der Waals surface area (Å²) in [7, 11) is 0. The van der Waals surface area contributed by atoms with Gasteiger partial charge < -0.3 is 10.1 Å². The Labute approximate surface area is 126 Å². The number of aryl methyl sites for hydroxylation is 1. The Kier molecular flexibility index (Phi) is 5.55. The van der Waals surface area contributed by atoms with Gasteiger partial charge in [0.2, 0.25) is 11.8 Å². The first kappa shape index (κ1) is 15.3. The van der Waals surface area contributed by atoms with Gasteiger partial charge in [0.1, 0.15) is 0 Å². The lowest BCUT2D eigenvalue weighted by atomic mass is 10.1. The number of rotatable bonds is 7. The van der Waals surface area contributed by atoms with Crippen LogP contribution in [0, 0.1) is 6.92 Å². The summed E-state index contributed by atoms with van der Waals surface area (Å²) in [6, 6.07) is 12.5. The lowest BCUT2D eigenvalue weighted by Crippen LogP contribution is -2.20. The van der Waals surface area contributed by atoms with E-state index in [9.17, 15) is 0 Å². The van der Waals surface area contributed by atoms with Crippen molar-refractivity contribution in [3.63, 3.8) is 0 Å². The molecule has 0 amide bonds. The van der Waals surface area contributed by atoms with Crippen molar-refractivity contribution >= 4 is 5.95 Å². The van der Waals surface area contributed by atoms with E-state index in [4.69, 9.17) is 4.74 Å². The van der Waals surface area contributed by atoms with E-state index in [2.05, 4.69) is 53.4 Å². The highest BCUT2D eigenvalue weighted by Crippen LogP contribution is 2.14. The molecule has 0 aliphatic carbocycles. The molecule has 1 aromatic heterocycles. The first-order chi connectivity index (χ1) is 10.2. The number of nitrogens with one attached hydrogen (secondary N) is 1. The predicted molar refractivity (Wildman–Crippen MR) is 85.8 cm³/mol. The Hall–Kier alpha value is -2.10. The molecule has 1 unspecified atom stereocenters. The molecule has 4 nitrogen and oxygen atoms in total. The van der Waals surface area contributed by atoms with Crippen molar-refractivity contribution in [2.45, 2.75) is 39.7 Å². The number of anilines is 1. The fourth-order valence-corrected chi connectivity index (χ4v) is 2.12. The summed E-state index contributed by atoms with van der Waals surface area (Å²) in [6.45, 7) is 6.84. The van der Waals surface area contributed by atoms with Gasteiger partial charge in [-0.2, -0.15) is 4.98 Å². The van der Waals surface area contributed by atoms with Crippen LogP contribution in [0.2, 0.25) is 0 Å². The maximum absolute atomic E-state index is 5.59. The smallest absolute Gasteiger partial charge is 0.226 e. The Morgan fingerprint density at radius 3 is 2.67 bits per heavy atom. The topological polar surface area (TPSA) is 47.0 Å². The second-order valence-electron chi connectivity index (χ2n) is 5.25. The van der Waals surface area contributed by atoms with E-state index in [1.807, 2.05) is 19.1 Å². The highest BCUT2D eigenvalue weighted by atomic mass is 16.5. The molecule has 0 radical (unpaired) electrons. The van der Waals surface area contributed by atoms with Crippen LogP contribution in [0.1, 0.15) is 31.5 Å². The second-order valence-corrected chi connectivity index (χ2v) is 5.25. The largest absolute Gasteiger partial charge is 0.478 e. The first-order valence-electron chi connectivity index (χ1n) is 7.46. The first-order valence-corrected chi connectivity index (χ1v) is 7.46. The van der Waals surface area contributed by atoms with Crippen LogP contribution >= 0.6 is 0 Å². The molecule has 0 saturated carbocycles. The van der Waals surface area contributed by atoms with Gasteiger partial charge in [0.15, 0.2) is 0 Å². The SMILES string of the molecule is CCCOc1cc(C)nc(NC(C)Cc2ccccc2)n1. The lowest BCUT2D eigenvalue weighted by molar-refractivity contribution is 0.305. The van der Waals surface area contributed by atoms with Gasteiger partial charge in [-0.1, -0.05) is 37.3 Å². The third kappa shape index (κ3) is 5.06. The Balaban J connectivity index is 1.99. The van der Waals surface area contributed by atoms with Gasteiger partial charge in [-0.05, 0) is 32.3 Å². The van der Waals surface area contributed by atoms with Gasteiger partial charge in [-0.15, -0.1) is 0 Å². The van der Waals surface area contributed by atoms with Crippen LogP contribution in [0.5, 0.6) is 5.88 Å². The third-order valence-electron chi connectivity index (χ3n) is 3.04. The van der Waals surface area contributed by atoms with E-state index in [1.165, 1.54) is 5.56 Å². The summed E-state index contributed by atoms with van der Waals surface area (Å²) < 4.78 is 5.59. The molecule has 0 spiro atoms. The monoisotopic (exact) mass is 285 g/mol. The highest BCUT2D eigenvalue weighted by Gasteiger charge is 2.08. The maximum atomic E-state index is 5.59. The molecular weight excluding hydrogens is 262 g/mol. The lowest BCUT2D eigenvalue weighted by Gasteiger charge is -2.15. The normalized spacial score (nSPS) is 12.0. The summed E-state index contributed by atoms with van der Waals surface area (Å²) in [5.74, 6) is 1.27. The molecule has 112 valence electrons. The van der Waals surface area contributed by atoms with E-state index >= 15 is 0 Å². The van der Waals surface area contributed by atoms with Crippen LogP contribution in [-0.2, 0) is 6.42 Å². The van der Waals surface area contributed by atoms with Gasteiger partial charge in [-0.25, -0.2) is 4.98 Å². The Morgan fingerprint density at radius 2 is 1.95 bits per heavy atom. The average Bonchev–Trinajstić information content (AvgIpc) is 2.45. The van der Waals surface area contributed by atoms with Crippen LogP contribution in [0.25, 0.3) is 0 Å². The van der Waals surface area contributed by atoms with Gasteiger partial charge in [0, 0.05) is 17.8 Å². The second kappa shape index (κ2) is 7.62. The summed E-state index contributed by atoms with van der Waals surface area (Å²) in [4.78, 5) is 8.83. The van der Waals surface area contributed by atoms with Gasteiger partial charge in [-0.3, -0.25) is 0 Å². The molecule has 0 fully saturated rings. The summed E-state index contributed by atoms with van der Waals surface area (Å²) in [6.07, 6.45) is 1.90. The van der Waals surface area contributed by atoms with Crippen LogP contribution < -0.4 is 10.1 Å². The summed E-state index contributed by atoms with van der Waals surface area (Å²) >= 11 is 0. The summed E-state index contributed by atoms with van der Waals surface area (Å²) in [5, 5.41) is 3.35. The highest BCUT2D eigenvalue weighted by molar-refractivity contribution is 5.32. The van der Waals surface area contributed by atoms with Crippen molar-refractivity contribution in [3.05, 3.63) is 47.7 Å². The minimum Gasteiger partial charge on any atom is -0.478 e. The van der Waals surface area contributed by atoms with E-state index in [0.29, 0.717) is 18.4 Å². The number of nitrogens with zero attached hydrogens (tertiary/aromatic N) is 2. The van der Waals surface area contributed by atoms with Crippen molar-refractivity contribution in [3.8, 4) is 5.88 Å². The zero-order valence-corrected chi connectivity index (χ0v) is 13.0. The van der Waals surface area contributed by atoms with Crippen molar-refractivity contribution in [2.75, 3.05) is 11.9 Å². The molecule has 0 aliphatic heterocycles. The van der Waals surface area contributed by atoms with E-state index in [1.54, 1.807) is 0 Å². The molecule has 21 heavy (non-hydrogen) atoms. The molecule has 1 atom stereocenters. The third-order valence-corrected chi connectivity index (χ3v) is 3.04. The molecule has 1 N–H and O–H groups in total. The average molecular weight is 285 g/mol.